The highest BCUT2D eigenvalue weighted by Gasteiger charge is 2.57. The summed E-state index contributed by atoms with van der Waals surface area (Å²) in [6.07, 6.45) is -7.72. The summed E-state index contributed by atoms with van der Waals surface area (Å²) < 4.78 is 81.0. The van der Waals surface area contributed by atoms with Crippen molar-refractivity contribution in [2.75, 3.05) is 13.1 Å². The molecule has 1 saturated heterocycles. The predicted octanol–water partition coefficient (Wildman–Crippen LogP) is 3.79. The molecule has 6 nitrogen and oxygen atoms in total. The van der Waals surface area contributed by atoms with Gasteiger partial charge in [-0.2, -0.15) is 18.3 Å². The van der Waals surface area contributed by atoms with Crippen LogP contribution in [0.4, 0.5) is 26.3 Å². The number of hydrogen-bond donors (Lipinski definition) is 1. The van der Waals surface area contributed by atoms with Crippen LogP contribution in [0.1, 0.15) is 31.4 Å². The van der Waals surface area contributed by atoms with Gasteiger partial charge in [0.05, 0.1) is 5.69 Å². The number of nitrogens with zero attached hydrogens (tertiary/aromatic N) is 3. The second-order valence-corrected chi connectivity index (χ2v) is 7.35. The maximum absolute atomic E-state index is 12.9. The van der Waals surface area contributed by atoms with E-state index >= 15 is 0 Å². The van der Waals surface area contributed by atoms with Gasteiger partial charge in [-0.25, -0.2) is 4.68 Å². The van der Waals surface area contributed by atoms with Gasteiger partial charge in [0.2, 0.25) is 5.60 Å². The van der Waals surface area contributed by atoms with E-state index in [2.05, 4.69) is 9.84 Å². The summed E-state index contributed by atoms with van der Waals surface area (Å²) in [5, 5.41) is 13.8. The van der Waals surface area contributed by atoms with Crippen molar-refractivity contribution in [3.05, 3.63) is 42.2 Å². The molecule has 0 saturated carbocycles. The van der Waals surface area contributed by atoms with Gasteiger partial charge in [0.1, 0.15) is 5.75 Å². The fraction of sp³-hybridized carbons (Fsp3) is 0.474. The van der Waals surface area contributed by atoms with Gasteiger partial charge in [-0.15, -0.1) is 13.2 Å². The first-order valence-corrected chi connectivity index (χ1v) is 9.28. The van der Waals surface area contributed by atoms with Crippen LogP contribution in [0.15, 0.2) is 36.5 Å². The third-order valence-corrected chi connectivity index (χ3v) is 5.16. The molecule has 1 N–H and O–H groups in total. The molecule has 2 aromatic rings. The smallest absolute Gasteiger partial charge is 0.406 e. The van der Waals surface area contributed by atoms with Crippen molar-refractivity contribution < 1.29 is 41.0 Å². The van der Waals surface area contributed by atoms with Crippen LogP contribution in [0.25, 0.3) is 5.69 Å². The average molecular weight is 451 g/mol. The minimum absolute atomic E-state index is 0.0132. The molecule has 3 rings (SSSR count). The normalized spacial score (nSPS) is 18.0. The molecule has 0 bridgehead atoms. The van der Waals surface area contributed by atoms with Crippen LogP contribution in [0, 0.1) is 0 Å². The molecular formula is C19H19F6N3O3. The van der Waals surface area contributed by atoms with Gasteiger partial charge in [-0.1, -0.05) is 0 Å². The minimum Gasteiger partial charge on any atom is -0.406 e. The maximum atomic E-state index is 12.9. The lowest BCUT2D eigenvalue weighted by Crippen LogP contribution is -2.57. The summed E-state index contributed by atoms with van der Waals surface area (Å²) >= 11 is 0. The number of hydrogen-bond acceptors (Lipinski definition) is 4. The van der Waals surface area contributed by atoms with Crippen molar-refractivity contribution >= 4 is 5.91 Å². The van der Waals surface area contributed by atoms with Crippen molar-refractivity contribution in [2.45, 2.75) is 43.8 Å². The molecular weight excluding hydrogens is 432 g/mol. The monoisotopic (exact) mass is 451 g/mol. The number of piperidine rings is 1. The summed E-state index contributed by atoms with van der Waals surface area (Å²) in [5.74, 6) is -1.92. The number of aromatic nitrogens is 2. The highest BCUT2D eigenvalue weighted by Crippen LogP contribution is 2.35. The number of carbonyl (C=O) groups excluding carboxylic acids is 1. The molecule has 1 fully saturated rings. The zero-order chi connectivity index (χ0) is 23.0. The highest BCUT2D eigenvalue weighted by molar-refractivity contribution is 5.85. The molecule has 170 valence electrons. The Bertz CT molecular complexity index is 913. The van der Waals surface area contributed by atoms with Gasteiger partial charge in [-0.05, 0) is 50.1 Å². The lowest BCUT2D eigenvalue weighted by atomic mass is 9.92. The summed E-state index contributed by atoms with van der Waals surface area (Å²) in [6.45, 7) is 0.460. The van der Waals surface area contributed by atoms with Gasteiger partial charge >= 0.3 is 12.5 Å². The second-order valence-electron chi connectivity index (χ2n) is 7.35. The molecule has 31 heavy (non-hydrogen) atoms. The van der Waals surface area contributed by atoms with Crippen molar-refractivity contribution in [3.63, 3.8) is 0 Å². The second kappa shape index (κ2) is 8.06. The Kier molecular flexibility index (Phi) is 5.96. The maximum Gasteiger partial charge on any atom is 0.573 e. The highest BCUT2D eigenvalue weighted by atomic mass is 19.4. The third kappa shape index (κ3) is 4.94. The largest absolute Gasteiger partial charge is 0.573 e. The van der Waals surface area contributed by atoms with Crippen LogP contribution in [-0.2, 0) is 4.79 Å². The van der Waals surface area contributed by atoms with Crippen LogP contribution in [-0.4, -0.2) is 56.9 Å². The van der Waals surface area contributed by atoms with Crippen molar-refractivity contribution in [1.82, 2.24) is 14.7 Å². The van der Waals surface area contributed by atoms with E-state index in [-0.39, 0.29) is 24.8 Å². The standard InChI is InChI=1S/C19H19F6N3O3/c1-17(30,18(20,21)22)16(29)27-10-7-12(8-11-27)15-6-9-26-28(15)13-2-4-14(5-3-13)31-19(23,24)25/h2-6,9,12,30H,7-8,10-11H2,1H3. The molecule has 2 heterocycles. The molecule has 1 unspecified atom stereocenters. The molecule has 1 aromatic carbocycles. The van der Waals surface area contributed by atoms with Crippen molar-refractivity contribution in [1.29, 1.82) is 0 Å². The zero-order valence-electron chi connectivity index (χ0n) is 16.2. The fourth-order valence-electron chi connectivity index (χ4n) is 3.43. The van der Waals surface area contributed by atoms with Crippen LogP contribution in [0.3, 0.4) is 0 Å². The molecule has 1 amide bonds. The SMILES string of the molecule is CC(O)(C(=O)N1CCC(c2ccnn2-c2ccc(OC(F)(F)F)cc2)CC1)C(F)(F)F. The summed E-state index contributed by atoms with van der Waals surface area (Å²) in [7, 11) is 0. The molecule has 0 radical (unpaired) electrons. The Balaban J connectivity index is 1.69. The van der Waals surface area contributed by atoms with Crippen LogP contribution in [0.2, 0.25) is 0 Å². The predicted molar refractivity (Wildman–Crippen MR) is 95.5 cm³/mol. The first kappa shape index (κ1) is 22.9. The van der Waals surface area contributed by atoms with E-state index in [0.29, 0.717) is 31.1 Å². The summed E-state index contributed by atoms with van der Waals surface area (Å²) in [4.78, 5) is 13.1. The number of alkyl halides is 6. The van der Waals surface area contributed by atoms with Crippen LogP contribution in [0.5, 0.6) is 5.75 Å². The number of carbonyl (C=O) groups is 1. The molecule has 0 spiro atoms. The van der Waals surface area contributed by atoms with Gasteiger partial charge < -0.3 is 14.7 Å². The van der Waals surface area contributed by atoms with Gasteiger partial charge in [-0.3, -0.25) is 4.79 Å². The molecule has 0 aliphatic carbocycles. The quantitative estimate of drug-likeness (QED) is 0.719. The topological polar surface area (TPSA) is 67.6 Å². The van der Waals surface area contributed by atoms with Crippen LogP contribution >= 0.6 is 0 Å². The first-order chi connectivity index (χ1) is 14.3. The van der Waals surface area contributed by atoms with E-state index in [1.54, 1.807) is 6.07 Å². The van der Waals surface area contributed by atoms with E-state index in [1.807, 2.05) is 0 Å². The molecule has 1 atom stereocenters. The van der Waals surface area contributed by atoms with E-state index < -0.39 is 24.0 Å². The van der Waals surface area contributed by atoms with Crippen molar-refractivity contribution in [3.8, 4) is 11.4 Å². The number of amides is 1. The Morgan fingerprint density at radius 1 is 1.06 bits per heavy atom. The fourth-order valence-corrected chi connectivity index (χ4v) is 3.43. The van der Waals surface area contributed by atoms with Crippen LogP contribution < -0.4 is 4.74 Å². The van der Waals surface area contributed by atoms with E-state index in [9.17, 15) is 36.2 Å². The number of aliphatic hydroxyl groups is 1. The minimum atomic E-state index is -5.08. The number of likely N-dealkylation sites (tertiary alicyclic amines) is 1. The van der Waals surface area contributed by atoms with E-state index in [4.69, 9.17) is 0 Å². The summed E-state index contributed by atoms with van der Waals surface area (Å²) in [6, 6.07) is 6.80. The van der Waals surface area contributed by atoms with Crippen molar-refractivity contribution in [2.24, 2.45) is 0 Å². The third-order valence-electron chi connectivity index (χ3n) is 5.16. The number of rotatable bonds is 4. The number of benzene rings is 1. The Morgan fingerprint density at radius 2 is 1.65 bits per heavy atom. The zero-order valence-corrected chi connectivity index (χ0v) is 16.2. The number of halogens is 6. The first-order valence-electron chi connectivity index (χ1n) is 9.28. The van der Waals surface area contributed by atoms with Gasteiger partial charge in [0.15, 0.2) is 0 Å². The molecule has 1 aliphatic rings. The van der Waals surface area contributed by atoms with E-state index in [1.165, 1.54) is 23.0 Å². The lowest BCUT2D eigenvalue weighted by Gasteiger charge is -2.36. The van der Waals surface area contributed by atoms with E-state index in [0.717, 1.165) is 17.0 Å². The Labute approximate surface area is 173 Å². The molecule has 12 heteroatoms. The van der Waals surface area contributed by atoms with Gasteiger partial charge in [0, 0.05) is 30.9 Å². The average Bonchev–Trinajstić information content (AvgIpc) is 3.16. The van der Waals surface area contributed by atoms with Gasteiger partial charge in [0.25, 0.3) is 5.91 Å². The Hall–Kier alpha value is -2.76. The lowest BCUT2D eigenvalue weighted by molar-refractivity contribution is -0.274. The Morgan fingerprint density at radius 3 is 2.16 bits per heavy atom. The number of ether oxygens (including phenoxy) is 1. The molecule has 1 aliphatic heterocycles. The summed E-state index contributed by atoms with van der Waals surface area (Å²) in [5.41, 5.74) is -2.27. The molecule has 1 aromatic heterocycles.